The van der Waals surface area contributed by atoms with Gasteiger partial charge >= 0.3 is 12.2 Å². The molecule has 125 heavy (non-hydrogen) atoms. The number of amides is 3. The highest BCUT2D eigenvalue weighted by Crippen LogP contribution is 2.46. The van der Waals surface area contributed by atoms with Crippen LogP contribution in [0.3, 0.4) is 0 Å². The van der Waals surface area contributed by atoms with Crippen molar-refractivity contribution < 1.29 is 42.8 Å². The second kappa shape index (κ2) is 40.7. The monoisotopic (exact) mass is 1920 g/mol. The van der Waals surface area contributed by atoms with E-state index in [4.69, 9.17) is 98.6 Å². The van der Waals surface area contributed by atoms with Crippen molar-refractivity contribution in [2.24, 2.45) is 0 Å². The zero-order valence-electron chi connectivity index (χ0n) is 70.0. The van der Waals surface area contributed by atoms with Crippen LogP contribution in [-0.4, -0.2) is 160 Å². The van der Waals surface area contributed by atoms with Gasteiger partial charge in [0.15, 0.2) is 5.11 Å². The van der Waals surface area contributed by atoms with E-state index in [2.05, 4.69) is 115 Å². The molecule has 1 aliphatic carbocycles. The number of fused-ring (bicyclic) bond motifs is 12. The van der Waals surface area contributed by atoms with E-state index in [1.54, 1.807) is 29.9 Å². The molecule has 19 nitrogen and oxygen atoms in total. The van der Waals surface area contributed by atoms with E-state index >= 15 is 0 Å². The van der Waals surface area contributed by atoms with E-state index in [1.807, 2.05) is 152 Å². The molecule has 6 aliphatic rings. The van der Waals surface area contributed by atoms with Crippen molar-refractivity contribution >= 4 is 169 Å². The first kappa shape index (κ1) is 89.0. The smallest absolute Gasteiger partial charge is 0.410 e. The number of aromatic nitrogens is 4. The molecule has 4 unspecified atom stereocenters. The van der Waals surface area contributed by atoms with E-state index in [-0.39, 0.29) is 42.3 Å². The van der Waals surface area contributed by atoms with Gasteiger partial charge in [-0.3, -0.25) is 19.5 Å². The summed E-state index contributed by atoms with van der Waals surface area (Å²) >= 11 is 44.6. The number of hydrogen-bond acceptors (Lipinski definition) is 11. The van der Waals surface area contributed by atoms with Crippen LogP contribution < -0.4 is 19.5 Å². The first-order chi connectivity index (χ1) is 60.7. The number of nitrogens with zero attached hydrogens (tertiary/aromatic N) is 5. The summed E-state index contributed by atoms with van der Waals surface area (Å²) in [4.78, 5) is 62.5. The topological polar surface area (TPSA) is 198 Å². The van der Waals surface area contributed by atoms with Gasteiger partial charge < -0.3 is 63.5 Å². The number of benzene rings is 9. The lowest BCUT2D eigenvalue weighted by Crippen LogP contribution is -2.49. The predicted molar refractivity (Wildman–Crippen MR) is 510 cm³/mol. The van der Waals surface area contributed by atoms with Crippen molar-refractivity contribution in [1.29, 1.82) is 0 Å². The Morgan fingerprint density at radius 2 is 0.968 bits per heavy atom. The summed E-state index contributed by atoms with van der Waals surface area (Å²) in [6, 6.07) is 61.7. The average molecular weight is 1930 g/mol. The van der Waals surface area contributed by atoms with Crippen molar-refractivity contribution in [2.75, 3.05) is 86.0 Å². The Labute approximate surface area is 775 Å². The van der Waals surface area contributed by atoms with Gasteiger partial charge in [0.25, 0.3) is 0 Å². The Kier molecular flexibility index (Phi) is 29.0. The molecule has 19 rings (SSSR count). The molecule has 5 N–H and O–H groups in total. The highest BCUT2D eigenvalue weighted by atomic mass is 79.9. The number of carbonyl (C=O) groups is 3. The number of morpholine rings is 1. The molecule has 27 heteroatoms. The highest BCUT2D eigenvalue weighted by molar-refractivity contribution is 9.10. The van der Waals surface area contributed by atoms with Gasteiger partial charge in [-0.2, -0.15) is 0 Å². The van der Waals surface area contributed by atoms with Gasteiger partial charge in [-0.25, -0.2) is 9.59 Å². The highest BCUT2D eigenvalue weighted by Gasteiger charge is 2.40. The lowest BCUT2D eigenvalue weighted by atomic mass is 9.92. The third-order valence-electron chi connectivity index (χ3n) is 24.4. The van der Waals surface area contributed by atoms with Crippen molar-refractivity contribution in [1.82, 2.24) is 49.8 Å². The fourth-order valence-corrected chi connectivity index (χ4v) is 20.7. The maximum absolute atomic E-state index is 12.9. The number of halogens is 7. The standard InChI is InChI=1S/C28H28N2O4.C26H30ClN3O4.C25H26BrCl2N3S.C19H15BrCl2N2O/c1-3-33-28(31)30-16-15-23-24-17-22(34-18-19-7-5-4-6-8-19)13-14-25(24)29-26(23)27(30)20-9-11-21(32-2)12-10-20;1-2-33-26(31)30-10-9-21-22-17-19(27)5-8-23(22)28-24(21)25(30)18-3-6-20(7-4-18)34-16-13-29-11-14-32-15-12-29;26-16-7-9-22-20(13-16)19-10-11-31(25(32)29-18-4-2-1-3-5-18)23(24(19)30-22)12-15-6-8-17(27)14-21(15)28;1-10(25)24-5-4-15-16-8-12(20)2-3-17(16)23-18(15)19(24)11-6-13(21)9-14(22)7-11/h4-14,17,27,29H,3,15-16,18H2,1-2H3;3-8,17,25,28H,2,9-16H2,1H3;6-9,13-14,18,23,30H,1-5,10-12H2,(H,29,32);2-3,6-9,19,23H,4-5H2,1H3. The minimum atomic E-state index is -0.306. The zero-order chi connectivity index (χ0) is 86.9. The second-order valence-corrected chi connectivity index (χ2v) is 36.5. The molecule has 4 atom stereocenters. The van der Waals surface area contributed by atoms with Gasteiger partial charge in [0.05, 0.1) is 45.6 Å². The number of thiocarbonyl (C=S) groups is 1. The number of methoxy groups -OCH3 is 1. The van der Waals surface area contributed by atoms with E-state index in [1.165, 1.54) is 76.3 Å². The zero-order valence-corrected chi connectivity index (χ0v) is 77.8. The first-order valence-corrected chi connectivity index (χ1v) is 46.6. The molecule has 0 radical (unpaired) electrons. The molecule has 3 amide bonds. The number of hydrogen-bond donors (Lipinski definition) is 5. The van der Waals surface area contributed by atoms with Crippen LogP contribution in [0.1, 0.15) is 150 Å². The van der Waals surface area contributed by atoms with Crippen LogP contribution in [0.25, 0.3) is 43.6 Å². The normalized spacial score (nSPS) is 17.5. The molecule has 0 spiro atoms. The van der Waals surface area contributed by atoms with E-state index in [0.29, 0.717) is 77.2 Å². The summed E-state index contributed by atoms with van der Waals surface area (Å²) in [7, 11) is 1.65. The van der Waals surface area contributed by atoms with Gasteiger partial charge in [0.2, 0.25) is 5.91 Å². The molecule has 1 saturated heterocycles. The SMILES string of the molecule is CC(=O)N1CCc2c([nH]c3ccc(Br)cc23)C1c1cc(Cl)cc(Cl)c1.CCOC(=O)N1CCc2c([nH]c3ccc(Cl)cc23)C1c1ccc(OCCN2CCOCC2)cc1.CCOC(=O)N1CCc2c([nH]c3ccc(OCc4ccccc4)cc23)C1c1ccc(OC)cc1.S=C(NC1CCCCC1)N1CCc2c([nH]c3ccc(Br)cc23)C1Cc1ccc(Cl)cc1Cl. The third-order valence-corrected chi connectivity index (χ3v) is 27.0. The van der Waals surface area contributed by atoms with E-state index in [0.717, 1.165) is 175 Å². The van der Waals surface area contributed by atoms with Crippen LogP contribution >= 0.6 is 102 Å². The van der Waals surface area contributed by atoms with Crippen LogP contribution in [0.5, 0.6) is 17.2 Å². The van der Waals surface area contributed by atoms with E-state index in [9.17, 15) is 14.4 Å². The van der Waals surface area contributed by atoms with Crippen LogP contribution in [0.4, 0.5) is 9.59 Å². The van der Waals surface area contributed by atoms with Gasteiger partial charge in [0.1, 0.15) is 42.5 Å². The predicted octanol–water partition coefficient (Wildman–Crippen LogP) is 23.8. The maximum Gasteiger partial charge on any atom is 0.410 e. The molecule has 0 bridgehead atoms. The Morgan fingerprint density at radius 1 is 0.488 bits per heavy atom. The van der Waals surface area contributed by atoms with Crippen molar-refractivity contribution in [3.63, 3.8) is 0 Å². The Hall–Kier alpha value is -9.43. The first-order valence-electron chi connectivity index (χ1n) is 42.7. The molecule has 2 fully saturated rings. The lowest BCUT2D eigenvalue weighted by Gasteiger charge is -2.39. The lowest BCUT2D eigenvalue weighted by molar-refractivity contribution is -0.130. The molecule has 1 saturated carbocycles. The van der Waals surface area contributed by atoms with Crippen molar-refractivity contribution in [3.05, 3.63) is 295 Å². The molecule has 4 aromatic heterocycles. The summed E-state index contributed by atoms with van der Waals surface area (Å²) in [5, 5.41) is 12.5. The van der Waals surface area contributed by atoms with E-state index < -0.39 is 0 Å². The fraction of sp³-hybridized carbons (Fsp3) is 0.327. The molecule has 9 heterocycles. The van der Waals surface area contributed by atoms with Gasteiger partial charge in [-0.15, -0.1) is 0 Å². The Morgan fingerprint density at radius 3 is 1.52 bits per heavy atom. The minimum absolute atomic E-state index is 0.0339. The molecule has 650 valence electrons. The minimum Gasteiger partial charge on any atom is -0.497 e. The van der Waals surface area contributed by atoms with Crippen LogP contribution in [0, 0.1) is 0 Å². The Bertz CT molecular complexity index is 6020. The summed E-state index contributed by atoms with van der Waals surface area (Å²) in [5.41, 5.74) is 18.8. The number of nitrogens with one attached hydrogen (secondary N) is 5. The van der Waals surface area contributed by atoms with Crippen LogP contribution in [-0.2, 0) is 57.7 Å². The summed E-state index contributed by atoms with van der Waals surface area (Å²) in [6.07, 6.45) is 9.72. The molecule has 9 aromatic carbocycles. The number of H-pyrrole nitrogens is 4. The Balaban J connectivity index is 0.000000124. The summed E-state index contributed by atoms with van der Waals surface area (Å²) < 4.78 is 35.7. The van der Waals surface area contributed by atoms with Crippen LogP contribution in [0.2, 0.25) is 25.1 Å². The number of carbonyl (C=O) groups excluding carboxylic acids is 3. The van der Waals surface area contributed by atoms with Crippen LogP contribution in [0.15, 0.2) is 197 Å². The molecule has 13 aromatic rings. The van der Waals surface area contributed by atoms with Gasteiger partial charge in [-0.1, -0.05) is 170 Å². The largest absolute Gasteiger partial charge is 0.497 e. The fourth-order valence-electron chi connectivity index (χ4n) is 18.4. The molecule has 5 aliphatic heterocycles. The number of ether oxygens (including phenoxy) is 6. The second-order valence-electron chi connectivity index (χ2n) is 32.1. The van der Waals surface area contributed by atoms with Gasteiger partial charge in [0, 0.05) is 159 Å². The van der Waals surface area contributed by atoms with Crippen molar-refractivity contribution in [2.45, 2.75) is 122 Å². The van der Waals surface area contributed by atoms with Crippen molar-refractivity contribution in [3.8, 4) is 17.2 Å². The summed E-state index contributed by atoms with van der Waals surface area (Å²) in [6.45, 7) is 14.1. The third kappa shape index (κ3) is 20.4. The quantitative estimate of drug-likeness (QED) is 0.0573. The molecular formula is C98H99Br2Cl5N10O9S. The number of rotatable bonds is 16. The van der Waals surface area contributed by atoms with Gasteiger partial charge in [-0.05, 0) is 248 Å². The molecular weight excluding hydrogens is 1830 g/mol. The summed E-state index contributed by atoms with van der Waals surface area (Å²) in [5.74, 6) is 2.46. The number of aromatic amines is 4. The average Bonchev–Trinajstić information content (AvgIpc) is 1.61. The maximum atomic E-state index is 12.9.